The number of ether oxygens (including phenoxy) is 1. The van der Waals surface area contributed by atoms with Crippen molar-refractivity contribution in [1.82, 2.24) is 10.3 Å². The van der Waals surface area contributed by atoms with Gasteiger partial charge >= 0.3 is 6.03 Å². The number of nitrogens with zero attached hydrogens (tertiary/aromatic N) is 1. The molecule has 18 heavy (non-hydrogen) atoms. The summed E-state index contributed by atoms with van der Waals surface area (Å²) in [6.07, 6.45) is 4.46. The maximum Gasteiger partial charge on any atom is 0.320 e. The topological polar surface area (TPSA) is 63.2 Å². The molecule has 0 aromatic carbocycles. The summed E-state index contributed by atoms with van der Waals surface area (Å²) in [6.45, 7) is 0. The second-order valence-electron chi connectivity index (χ2n) is 4.68. The van der Waals surface area contributed by atoms with Gasteiger partial charge in [0, 0.05) is 0 Å². The molecule has 1 aromatic rings. The molecule has 3 unspecified atom stereocenters. The van der Waals surface area contributed by atoms with Crippen LogP contribution in [0.3, 0.4) is 0 Å². The number of amides is 2. The third-order valence-corrected chi connectivity index (χ3v) is 3.39. The quantitative estimate of drug-likeness (QED) is 0.840. The van der Waals surface area contributed by atoms with Gasteiger partial charge in [-0.05, 0) is 31.4 Å². The van der Waals surface area contributed by atoms with Crippen molar-refractivity contribution < 1.29 is 13.9 Å². The van der Waals surface area contributed by atoms with Crippen LogP contribution in [0.2, 0.25) is 0 Å². The number of carbonyl (C=O) groups excluding carboxylic acids is 1. The lowest BCUT2D eigenvalue weighted by Gasteiger charge is -2.20. The number of hydrogen-bond acceptors (Lipinski definition) is 3. The summed E-state index contributed by atoms with van der Waals surface area (Å²) in [5, 5.41) is 5.44. The summed E-state index contributed by atoms with van der Waals surface area (Å²) >= 11 is 0. The number of halogens is 1. The molecule has 0 radical (unpaired) electrons. The Morgan fingerprint density at radius 3 is 2.94 bits per heavy atom. The number of nitrogens with one attached hydrogen (secondary N) is 2. The van der Waals surface area contributed by atoms with Gasteiger partial charge in [-0.2, -0.15) is 0 Å². The van der Waals surface area contributed by atoms with E-state index in [1.54, 1.807) is 0 Å². The zero-order valence-corrected chi connectivity index (χ0v) is 9.73. The minimum atomic E-state index is -0.428. The van der Waals surface area contributed by atoms with E-state index < -0.39 is 5.82 Å². The van der Waals surface area contributed by atoms with E-state index in [1.807, 2.05) is 0 Å². The van der Waals surface area contributed by atoms with Crippen LogP contribution >= 0.6 is 0 Å². The average Bonchev–Trinajstić information content (AvgIpc) is 2.94. The van der Waals surface area contributed by atoms with Crippen molar-refractivity contribution in [1.29, 1.82) is 0 Å². The van der Waals surface area contributed by atoms with Gasteiger partial charge in [-0.3, -0.25) is 5.32 Å². The Morgan fingerprint density at radius 2 is 2.33 bits per heavy atom. The highest BCUT2D eigenvalue weighted by Crippen LogP contribution is 2.34. The largest absolute Gasteiger partial charge is 0.373 e. The van der Waals surface area contributed by atoms with Crippen LogP contribution in [0.15, 0.2) is 18.3 Å². The van der Waals surface area contributed by atoms with E-state index in [0.29, 0.717) is 11.9 Å². The number of aromatic nitrogens is 1. The van der Waals surface area contributed by atoms with Crippen molar-refractivity contribution in [3.8, 4) is 0 Å². The number of rotatable bonds is 2. The second-order valence-corrected chi connectivity index (χ2v) is 4.68. The van der Waals surface area contributed by atoms with Gasteiger partial charge in [-0.15, -0.1) is 0 Å². The number of pyridine rings is 1. The first kappa shape index (κ1) is 11.4. The third-order valence-electron chi connectivity index (χ3n) is 3.39. The van der Waals surface area contributed by atoms with E-state index in [4.69, 9.17) is 4.74 Å². The SMILES string of the molecule is O=C(Nc1ccc(F)cn1)NC1CC2CCC1O2. The number of anilines is 1. The number of hydrogen-bond donors (Lipinski definition) is 2. The lowest BCUT2D eigenvalue weighted by molar-refractivity contribution is 0.0984. The van der Waals surface area contributed by atoms with Crippen molar-refractivity contribution in [3.63, 3.8) is 0 Å². The number of urea groups is 1. The van der Waals surface area contributed by atoms with Crippen LogP contribution in [-0.4, -0.2) is 29.3 Å². The average molecular weight is 251 g/mol. The Kier molecular flexibility index (Phi) is 2.87. The van der Waals surface area contributed by atoms with Gasteiger partial charge in [0.05, 0.1) is 24.4 Å². The molecule has 3 atom stereocenters. The molecule has 2 fully saturated rings. The third kappa shape index (κ3) is 2.28. The summed E-state index contributed by atoms with van der Waals surface area (Å²) < 4.78 is 18.3. The van der Waals surface area contributed by atoms with Crippen molar-refractivity contribution in [2.45, 2.75) is 37.5 Å². The second kappa shape index (κ2) is 4.53. The minimum absolute atomic E-state index is 0.0733. The molecular weight excluding hydrogens is 237 g/mol. The maximum absolute atomic E-state index is 12.6. The molecule has 2 aliphatic heterocycles. The van der Waals surface area contributed by atoms with Crippen LogP contribution in [0.4, 0.5) is 15.0 Å². The zero-order valence-electron chi connectivity index (χ0n) is 9.73. The first-order valence-corrected chi connectivity index (χ1v) is 6.05. The Bertz CT molecular complexity index is 451. The normalized spacial score (nSPS) is 29.3. The molecule has 2 aliphatic rings. The molecule has 2 bridgehead atoms. The molecule has 2 N–H and O–H groups in total. The highest BCUT2D eigenvalue weighted by atomic mass is 19.1. The van der Waals surface area contributed by atoms with Gasteiger partial charge in [0.25, 0.3) is 0 Å². The highest BCUT2D eigenvalue weighted by molar-refractivity contribution is 5.88. The van der Waals surface area contributed by atoms with Crippen LogP contribution < -0.4 is 10.6 Å². The fraction of sp³-hybridized carbons (Fsp3) is 0.500. The van der Waals surface area contributed by atoms with Crippen molar-refractivity contribution in [3.05, 3.63) is 24.1 Å². The van der Waals surface area contributed by atoms with E-state index in [-0.39, 0.29) is 18.2 Å². The van der Waals surface area contributed by atoms with E-state index in [9.17, 15) is 9.18 Å². The first-order valence-electron chi connectivity index (χ1n) is 6.05. The molecule has 96 valence electrons. The first-order chi connectivity index (χ1) is 8.70. The Hall–Kier alpha value is -1.69. The molecule has 3 rings (SSSR count). The van der Waals surface area contributed by atoms with Crippen LogP contribution in [-0.2, 0) is 4.74 Å². The lowest BCUT2D eigenvalue weighted by atomic mass is 9.96. The molecule has 2 saturated heterocycles. The molecule has 6 heteroatoms. The van der Waals surface area contributed by atoms with Gasteiger partial charge in [-0.1, -0.05) is 0 Å². The lowest BCUT2D eigenvalue weighted by Crippen LogP contribution is -2.43. The standard InChI is InChI=1S/C12H14FN3O2/c13-7-1-4-11(14-6-7)16-12(17)15-9-5-8-2-3-10(9)18-8/h1,4,6,8-10H,2-3,5H2,(H2,14,15,16,17). The van der Waals surface area contributed by atoms with Crippen LogP contribution in [0.5, 0.6) is 0 Å². The molecule has 0 aliphatic carbocycles. The monoisotopic (exact) mass is 251 g/mol. The van der Waals surface area contributed by atoms with E-state index in [1.165, 1.54) is 12.1 Å². The Labute approximate surface area is 104 Å². The van der Waals surface area contributed by atoms with Gasteiger partial charge in [0.1, 0.15) is 11.6 Å². The van der Waals surface area contributed by atoms with Crippen molar-refractivity contribution in [2.24, 2.45) is 0 Å². The summed E-state index contributed by atoms with van der Waals surface area (Å²) in [4.78, 5) is 15.5. The van der Waals surface area contributed by atoms with Crippen molar-refractivity contribution in [2.75, 3.05) is 5.32 Å². The molecule has 1 aromatic heterocycles. The number of carbonyl (C=O) groups is 1. The molecule has 3 heterocycles. The summed E-state index contributed by atoms with van der Waals surface area (Å²) in [5.74, 6) is -0.0968. The summed E-state index contributed by atoms with van der Waals surface area (Å²) in [5.41, 5.74) is 0. The fourth-order valence-corrected chi connectivity index (χ4v) is 2.56. The summed E-state index contributed by atoms with van der Waals surface area (Å²) in [7, 11) is 0. The van der Waals surface area contributed by atoms with Gasteiger partial charge in [0.2, 0.25) is 0 Å². The molecular formula is C12H14FN3O2. The van der Waals surface area contributed by atoms with E-state index >= 15 is 0 Å². The molecule has 0 spiro atoms. The van der Waals surface area contributed by atoms with Crippen LogP contribution in [0.1, 0.15) is 19.3 Å². The van der Waals surface area contributed by atoms with Gasteiger partial charge < -0.3 is 10.1 Å². The van der Waals surface area contributed by atoms with E-state index in [2.05, 4.69) is 15.6 Å². The maximum atomic E-state index is 12.6. The van der Waals surface area contributed by atoms with Crippen molar-refractivity contribution >= 4 is 11.8 Å². The minimum Gasteiger partial charge on any atom is -0.373 e. The molecule has 2 amide bonds. The van der Waals surface area contributed by atoms with Gasteiger partial charge in [0.15, 0.2) is 0 Å². The highest BCUT2D eigenvalue weighted by Gasteiger charge is 2.41. The smallest absolute Gasteiger partial charge is 0.320 e. The number of fused-ring (bicyclic) bond motifs is 2. The van der Waals surface area contributed by atoms with Crippen LogP contribution in [0, 0.1) is 5.82 Å². The molecule has 5 nitrogen and oxygen atoms in total. The van der Waals surface area contributed by atoms with Crippen LogP contribution in [0.25, 0.3) is 0 Å². The Morgan fingerprint density at radius 1 is 1.44 bits per heavy atom. The Balaban J connectivity index is 1.54. The fourth-order valence-electron chi connectivity index (χ4n) is 2.56. The molecule has 0 saturated carbocycles. The predicted molar refractivity (Wildman–Crippen MR) is 62.6 cm³/mol. The zero-order chi connectivity index (χ0) is 12.5. The van der Waals surface area contributed by atoms with Gasteiger partial charge in [-0.25, -0.2) is 14.2 Å². The summed E-state index contributed by atoms with van der Waals surface area (Å²) in [6, 6.07) is 2.43. The predicted octanol–water partition coefficient (Wildman–Crippen LogP) is 1.66. The van der Waals surface area contributed by atoms with E-state index in [0.717, 1.165) is 25.5 Å².